The maximum absolute atomic E-state index is 3.38. The number of nitrogens with one attached hydrogen (secondary N) is 1. The molecule has 1 fully saturated rings. The molecule has 0 spiro atoms. The summed E-state index contributed by atoms with van der Waals surface area (Å²) in [4.78, 5) is 2.57. The number of benzene rings is 1. The van der Waals surface area contributed by atoms with Crippen molar-refractivity contribution in [3.63, 3.8) is 0 Å². The van der Waals surface area contributed by atoms with Crippen LogP contribution >= 0.6 is 0 Å². The molecule has 1 heterocycles. The van der Waals surface area contributed by atoms with E-state index in [4.69, 9.17) is 0 Å². The van der Waals surface area contributed by atoms with Gasteiger partial charge < -0.3 is 10.2 Å². The van der Waals surface area contributed by atoms with Gasteiger partial charge in [0.2, 0.25) is 0 Å². The van der Waals surface area contributed by atoms with E-state index >= 15 is 0 Å². The van der Waals surface area contributed by atoms with Gasteiger partial charge in [-0.3, -0.25) is 0 Å². The minimum Gasteiger partial charge on any atom is -0.372 e. The van der Waals surface area contributed by atoms with Gasteiger partial charge in [-0.25, -0.2) is 0 Å². The Morgan fingerprint density at radius 1 is 1.15 bits per heavy atom. The van der Waals surface area contributed by atoms with E-state index in [1.54, 1.807) is 0 Å². The van der Waals surface area contributed by atoms with Crippen molar-refractivity contribution in [1.29, 1.82) is 0 Å². The Morgan fingerprint density at radius 3 is 2.55 bits per heavy atom. The second-order valence-electron chi connectivity index (χ2n) is 6.37. The van der Waals surface area contributed by atoms with E-state index in [2.05, 4.69) is 55.3 Å². The molecule has 1 saturated heterocycles. The van der Waals surface area contributed by atoms with Crippen LogP contribution in [0.4, 0.5) is 5.69 Å². The predicted octanol–water partition coefficient (Wildman–Crippen LogP) is 4.06. The van der Waals surface area contributed by atoms with Gasteiger partial charge in [0.25, 0.3) is 0 Å². The Balaban J connectivity index is 1.94. The first-order valence-corrected chi connectivity index (χ1v) is 8.25. The lowest BCUT2D eigenvalue weighted by Crippen LogP contribution is -2.24. The second kappa shape index (κ2) is 7.68. The standard InChI is InChI=1S/C18H30N2/c1-4-19-14-16-7-9-18(10-8-16)20-12-5-6-17(11-13-20)15(2)3/h7-10,15,17,19H,4-6,11-14H2,1-3H3. The van der Waals surface area contributed by atoms with E-state index in [1.807, 2.05) is 0 Å². The number of rotatable bonds is 5. The van der Waals surface area contributed by atoms with Gasteiger partial charge in [-0.15, -0.1) is 0 Å². The highest BCUT2D eigenvalue weighted by molar-refractivity contribution is 5.47. The SMILES string of the molecule is CCNCc1ccc(N2CCCC(C(C)C)CC2)cc1. The first kappa shape index (κ1) is 15.4. The van der Waals surface area contributed by atoms with Crippen LogP contribution < -0.4 is 10.2 Å². The Hall–Kier alpha value is -1.02. The zero-order valence-electron chi connectivity index (χ0n) is 13.4. The summed E-state index contributed by atoms with van der Waals surface area (Å²) < 4.78 is 0. The topological polar surface area (TPSA) is 15.3 Å². The Morgan fingerprint density at radius 2 is 1.90 bits per heavy atom. The maximum Gasteiger partial charge on any atom is 0.0366 e. The van der Waals surface area contributed by atoms with Crippen LogP contribution in [0.25, 0.3) is 0 Å². The van der Waals surface area contributed by atoms with Crippen LogP contribution in [0.5, 0.6) is 0 Å². The van der Waals surface area contributed by atoms with Crippen molar-refractivity contribution in [3.8, 4) is 0 Å². The molecule has 20 heavy (non-hydrogen) atoms. The summed E-state index contributed by atoms with van der Waals surface area (Å²) in [6.45, 7) is 11.3. The minimum absolute atomic E-state index is 0.831. The van der Waals surface area contributed by atoms with Crippen LogP contribution in [-0.2, 0) is 6.54 Å². The van der Waals surface area contributed by atoms with Crippen molar-refractivity contribution in [1.82, 2.24) is 5.32 Å². The minimum atomic E-state index is 0.831. The van der Waals surface area contributed by atoms with Crippen LogP contribution in [0.3, 0.4) is 0 Å². The molecule has 2 heteroatoms. The predicted molar refractivity (Wildman–Crippen MR) is 88.2 cm³/mol. The molecule has 0 radical (unpaired) electrons. The highest BCUT2D eigenvalue weighted by atomic mass is 15.1. The van der Waals surface area contributed by atoms with Gasteiger partial charge >= 0.3 is 0 Å². The first-order chi connectivity index (χ1) is 9.70. The largest absolute Gasteiger partial charge is 0.372 e. The van der Waals surface area contributed by atoms with Gasteiger partial charge in [0, 0.05) is 25.3 Å². The van der Waals surface area contributed by atoms with Crippen LogP contribution in [0.2, 0.25) is 0 Å². The van der Waals surface area contributed by atoms with E-state index in [-0.39, 0.29) is 0 Å². The summed E-state index contributed by atoms with van der Waals surface area (Å²) in [5.74, 6) is 1.74. The van der Waals surface area contributed by atoms with Gasteiger partial charge in [0.05, 0.1) is 0 Å². The summed E-state index contributed by atoms with van der Waals surface area (Å²) in [7, 11) is 0. The second-order valence-corrected chi connectivity index (χ2v) is 6.37. The van der Waals surface area contributed by atoms with Gasteiger partial charge in [0.1, 0.15) is 0 Å². The van der Waals surface area contributed by atoms with Crippen molar-refractivity contribution >= 4 is 5.69 Å². The smallest absolute Gasteiger partial charge is 0.0366 e. The molecular formula is C18H30N2. The Bertz CT molecular complexity index is 383. The third-order valence-corrected chi connectivity index (χ3v) is 4.60. The zero-order valence-corrected chi connectivity index (χ0v) is 13.4. The fourth-order valence-corrected chi connectivity index (χ4v) is 3.14. The van der Waals surface area contributed by atoms with Gasteiger partial charge in [-0.05, 0) is 55.3 Å². The van der Waals surface area contributed by atoms with E-state index in [0.29, 0.717) is 0 Å². The molecular weight excluding hydrogens is 244 g/mol. The highest BCUT2D eigenvalue weighted by Crippen LogP contribution is 2.27. The molecule has 1 aliphatic rings. The fraction of sp³-hybridized carbons (Fsp3) is 0.667. The Kier molecular flexibility index (Phi) is 5.90. The maximum atomic E-state index is 3.38. The third-order valence-electron chi connectivity index (χ3n) is 4.60. The van der Waals surface area contributed by atoms with Crippen molar-refractivity contribution in [3.05, 3.63) is 29.8 Å². The monoisotopic (exact) mass is 274 g/mol. The van der Waals surface area contributed by atoms with Crippen LogP contribution in [0, 0.1) is 11.8 Å². The molecule has 2 rings (SSSR count). The molecule has 1 aliphatic heterocycles. The Labute approximate surface area is 124 Å². The average Bonchev–Trinajstić information content (AvgIpc) is 2.71. The van der Waals surface area contributed by atoms with Gasteiger partial charge in [-0.1, -0.05) is 32.9 Å². The lowest BCUT2D eigenvalue weighted by Gasteiger charge is -2.24. The molecule has 1 N–H and O–H groups in total. The van der Waals surface area contributed by atoms with Crippen molar-refractivity contribution < 1.29 is 0 Å². The van der Waals surface area contributed by atoms with Crippen LogP contribution in [-0.4, -0.2) is 19.6 Å². The molecule has 1 atom stereocenters. The molecule has 1 unspecified atom stereocenters. The van der Waals surface area contributed by atoms with E-state index in [1.165, 1.54) is 43.6 Å². The van der Waals surface area contributed by atoms with Gasteiger partial charge in [-0.2, -0.15) is 0 Å². The summed E-state index contributed by atoms with van der Waals surface area (Å²) >= 11 is 0. The molecule has 0 saturated carbocycles. The molecule has 0 amide bonds. The van der Waals surface area contributed by atoms with E-state index < -0.39 is 0 Å². The number of nitrogens with zero attached hydrogens (tertiary/aromatic N) is 1. The number of hydrogen-bond donors (Lipinski definition) is 1. The summed E-state index contributed by atoms with van der Waals surface area (Å²) in [5.41, 5.74) is 2.78. The quantitative estimate of drug-likeness (QED) is 0.871. The number of anilines is 1. The van der Waals surface area contributed by atoms with Crippen LogP contribution in [0.1, 0.15) is 45.6 Å². The van der Waals surface area contributed by atoms with E-state index in [9.17, 15) is 0 Å². The normalized spacial score (nSPS) is 20.2. The first-order valence-electron chi connectivity index (χ1n) is 8.25. The van der Waals surface area contributed by atoms with Crippen molar-refractivity contribution in [2.75, 3.05) is 24.5 Å². The molecule has 112 valence electrons. The molecule has 2 nitrogen and oxygen atoms in total. The van der Waals surface area contributed by atoms with E-state index in [0.717, 1.165) is 24.9 Å². The fourth-order valence-electron chi connectivity index (χ4n) is 3.14. The lowest BCUT2D eigenvalue weighted by molar-refractivity contribution is 0.351. The van der Waals surface area contributed by atoms with Gasteiger partial charge in [0.15, 0.2) is 0 Å². The summed E-state index contributed by atoms with van der Waals surface area (Å²) in [6, 6.07) is 9.12. The zero-order chi connectivity index (χ0) is 14.4. The highest BCUT2D eigenvalue weighted by Gasteiger charge is 2.19. The summed E-state index contributed by atoms with van der Waals surface area (Å²) in [6.07, 6.45) is 4.07. The lowest BCUT2D eigenvalue weighted by atomic mass is 9.89. The third kappa shape index (κ3) is 4.24. The van der Waals surface area contributed by atoms with Crippen molar-refractivity contribution in [2.24, 2.45) is 11.8 Å². The van der Waals surface area contributed by atoms with Crippen molar-refractivity contribution in [2.45, 2.75) is 46.6 Å². The molecule has 0 aliphatic carbocycles. The molecule has 1 aromatic rings. The average molecular weight is 274 g/mol. The molecule has 0 aromatic heterocycles. The molecule has 1 aromatic carbocycles. The molecule has 0 bridgehead atoms. The van der Waals surface area contributed by atoms with Crippen LogP contribution in [0.15, 0.2) is 24.3 Å². The number of hydrogen-bond acceptors (Lipinski definition) is 2. The summed E-state index contributed by atoms with van der Waals surface area (Å²) in [5, 5.41) is 3.38.